The van der Waals surface area contributed by atoms with Gasteiger partial charge < -0.3 is 10.6 Å². The molecule has 2 rings (SSSR count). The van der Waals surface area contributed by atoms with E-state index in [4.69, 9.17) is 5.73 Å². The first kappa shape index (κ1) is 15.2. The van der Waals surface area contributed by atoms with Crippen molar-refractivity contribution in [1.29, 1.82) is 0 Å². The van der Waals surface area contributed by atoms with E-state index in [1.807, 2.05) is 0 Å². The molecule has 1 aliphatic rings. The van der Waals surface area contributed by atoms with Gasteiger partial charge in [0.15, 0.2) is 5.96 Å². The molecule has 0 amide bonds. The fourth-order valence-electron chi connectivity index (χ4n) is 2.19. The number of nitrogens with zero attached hydrogens (tertiary/aromatic N) is 2. The first-order valence-electron chi connectivity index (χ1n) is 7.08. The monoisotopic (exact) mass is 295 g/mol. The van der Waals surface area contributed by atoms with Crippen molar-refractivity contribution >= 4 is 17.7 Å². The summed E-state index contributed by atoms with van der Waals surface area (Å²) in [6.07, 6.45) is 2.39. The fourth-order valence-corrected chi connectivity index (χ4v) is 2.94. The van der Waals surface area contributed by atoms with E-state index in [0.29, 0.717) is 12.5 Å². The van der Waals surface area contributed by atoms with Crippen LogP contribution in [0, 0.1) is 11.7 Å². The minimum Gasteiger partial charge on any atom is -0.370 e. The van der Waals surface area contributed by atoms with E-state index in [2.05, 4.69) is 16.8 Å². The third-order valence-electron chi connectivity index (χ3n) is 3.56. The third kappa shape index (κ3) is 4.71. The highest BCUT2D eigenvalue weighted by Crippen LogP contribution is 2.18. The lowest BCUT2D eigenvalue weighted by Crippen LogP contribution is -2.42. The smallest absolute Gasteiger partial charge is 0.191 e. The Morgan fingerprint density at radius 3 is 2.65 bits per heavy atom. The third-order valence-corrected chi connectivity index (χ3v) is 4.55. The molecule has 1 aromatic carbocycles. The highest BCUT2D eigenvalue weighted by molar-refractivity contribution is 7.99. The maximum absolute atomic E-state index is 12.8. The molecule has 110 valence electrons. The molecular weight excluding hydrogens is 273 g/mol. The standard InChI is InChI=1S/C15H22FN3S/c1-12-6-9-19(10-7-12)15(17)18-8-11-20-14-4-2-13(16)3-5-14/h2-5,12H,6-11H2,1H3,(H2,17,18). The first-order valence-corrected chi connectivity index (χ1v) is 8.07. The SMILES string of the molecule is CC1CCN(C(N)=NCCSc2ccc(F)cc2)CC1. The van der Waals surface area contributed by atoms with Crippen molar-refractivity contribution in [2.24, 2.45) is 16.6 Å². The number of benzene rings is 1. The number of guanidine groups is 1. The molecule has 1 heterocycles. The summed E-state index contributed by atoms with van der Waals surface area (Å²) in [5.74, 6) is 2.12. The molecule has 20 heavy (non-hydrogen) atoms. The molecule has 1 saturated heterocycles. The summed E-state index contributed by atoms with van der Waals surface area (Å²) in [6, 6.07) is 6.54. The average molecular weight is 295 g/mol. The van der Waals surface area contributed by atoms with Crippen molar-refractivity contribution < 1.29 is 4.39 Å². The molecule has 5 heteroatoms. The second-order valence-electron chi connectivity index (χ2n) is 5.21. The van der Waals surface area contributed by atoms with Crippen LogP contribution in [0.1, 0.15) is 19.8 Å². The van der Waals surface area contributed by atoms with Gasteiger partial charge in [0.1, 0.15) is 5.82 Å². The van der Waals surface area contributed by atoms with Crippen LogP contribution in [0.3, 0.4) is 0 Å². The van der Waals surface area contributed by atoms with Crippen LogP contribution < -0.4 is 5.73 Å². The molecule has 0 radical (unpaired) electrons. The summed E-state index contributed by atoms with van der Waals surface area (Å²) in [7, 11) is 0. The maximum Gasteiger partial charge on any atom is 0.191 e. The lowest BCUT2D eigenvalue weighted by atomic mass is 10.00. The summed E-state index contributed by atoms with van der Waals surface area (Å²) in [5, 5.41) is 0. The van der Waals surface area contributed by atoms with Crippen molar-refractivity contribution in [3.05, 3.63) is 30.1 Å². The summed E-state index contributed by atoms with van der Waals surface area (Å²) < 4.78 is 12.8. The molecule has 0 aliphatic carbocycles. The zero-order chi connectivity index (χ0) is 14.4. The number of likely N-dealkylation sites (tertiary alicyclic amines) is 1. The Bertz CT molecular complexity index is 439. The molecule has 1 aliphatic heterocycles. The van der Waals surface area contributed by atoms with Crippen LogP contribution in [0.15, 0.2) is 34.2 Å². The van der Waals surface area contributed by atoms with Crippen LogP contribution in [-0.2, 0) is 0 Å². The number of nitrogens with two attached hydrogens (primary N) is 1. The van der Waals surface area contributed by atoms with E-state index in [1.165, 1.54) is 25.0 Å². The highest BCUT2D eigenvalue weighted by atomic mass is 32.2. The predicted octanol–water partition coefficient (Wildman–Crippen LogP) is 2.96. The number of halogens is 1. The van der Waals surface area contributed by atoms with E-state index in [-0.39, 0.29) is 5.82 Å². The molecular formula is C15H22FN3S. The molecule has 0 spiro atoms. The van der Waals surface area contributed by atoms with Crippen LogP contribution in [0.2, 0.25) is 0 Å². The summed E-state index contributed by atoms with van der Waals surface area (Å²) in [4.78, 5) is 7.66. The molecule has 2 N–H and O–H groups in total. The van der Waals surface area contributed by atoms with E-state index < -0.39 is 0 Å². The van der Waals surface area contributed by atoms with E-state index >= 15 is 0 Å². The average Bonchev–Trinajstić information content (AvgIpc) is 2.46. The van der Waals surface area contributed by atoms with Crippen molar-refractivity contribution in [3.8, 4) is 0 Å². The highest BCUT2D eigenvalue weighted by Gasteiger charge is 2.16. The molecule has 0 aromatic heterocycles. The first-order chi connectivity index (χ1) is 9.65. The van der Waals surface area contributed by atoms with Gasteiger partial charge in [-0.25, -0.2) is 4.39 Å². The van der Waals surface area contributed by atoms with Crippen LogP contribution in [0.4, 0.5) is 4.39 Å². The normalized spacial score (nSPS) is 17.5. The van der Waals surface area contributed by atoms with Gasteiger partial charge in [0.05, 0.1) is 6.54 Å². The number of piperidine rings is 1. The molecule has 1 fully saturated rings. The number of hydrogen-bond acceptors (Lipinski definition) is 2. The van der Waals surface area contributed by atoms with Crippen LogP contribution >= 0.6 is 11.8 Å². The van der Waals surface area contributed by atoms with Crippen molar-refractivity contribution in [2.45, 2.75) is 24.7 Å². The second-order valence-corrected chi connectivity index (χ2v) is 6.38. The quantitative estimate of drug-likeness (QED) is 0.402. The Balaban J connectivity index is 1.71. The van der Waals surface area contributed by atoms with Crippen molar-refractivity contribution in [2.75, 3.05) is 25.4 Å². The van der Waals surface area contributed by atoms with Gasteiger partial charge in [-0.3, -0.25) is 4.99 Å². The Hall–Kier alpha value is -1.23. The minimum atomic E-state index is -0.198. The Labute approximate surface area is 124 Å². The fraction of sp³-hybridized carbons (Fsp3) is 0.533. The lowest BCUT2D eigenvalue weighted by Gasteiger charge is -2.31. The molecule has 0 bridgehead atoms. The lowest BCUT2D eigenvalue weighted by molar-refractivity contribution is 0.278. The van der Waals surface area contributed by atoms with Gasteiger partial charge in [-0.15, -0.1) is 11.8 Å². The van der Waals surface area contributed by atoms with Gasteiger partial charge >= 0.3 is 0 Å². The van der Waals surface area contributed by atoms with E-state index in [0.717, 1.165) is 29.7 Å². The van der Waals surface area contributed by atoms with Crippen molar-refractivity contribution in [1.82, 2.24) is 4.90 Å². The minimum absolute atomic E-state index is 0.198. The number of hydrogen-bond donors (Lipinski definition) is 1. The van der Waals surface area contributed by atoms with Crippen LogP contribution in [0.25, 0.3) is 0 Å². The van der Waals surface area contributed by atoms with Gasteiger partial charge in [-0.05, 0) is 43.0 Å². The van der Waals surface area contributed by atoms with E-state index in [9.17, 15) is 4.39 Å². The van der Waals surface area contributed by atoms with Crippen LogP contribution in [0.5, 0.6) is 0 Å². The summed E-state index contributed by atoms with van der Waals surface area (Å²) >= 11 is 1.67. The van der Waals surface area contributed by atoms with Crippen molar-refractivity contribution in [3.63, 3.8) is 0 Å². The van der Waals surface area contributed by atoms with Gasteiger partial charge in [0.25, 0.3) is 0 Å². The Morgan fingerprint density at radius 2 is 2.00 bits per heavy atom. The second kappa shape index (κ2) is 7.53. The largest absolute Gasteiger partial charge is 0.370 e. The number of rotatable bonds is 4. The molecule has 1 aromatic rings. The summed E-state index contributed by atoms with van der Waals surface area (Å²) in [6.45, 7) is 5.01. The van der Waals surface area contributed by atoms with Gasteiger partial charge in [-0.1, -0.05) is 6.92 Å². The molecule has 0 saturated carbocycles. The Morgan fingerprint density at radius 1 is 1.35 bits per heavy atom. The maximum atomic E-state index is 12.8. The topological polar surface area (TPSA) is 41.6 Å². The van der Waals surface area contributed by atoms with Gasteiger partial charge in [0, 0.05) is 23.7 Å². The number of thioether (sulfide) groups is 1. The summed E-state index contributed by atoms with van der Waals surface area (Å²) in [5.41, 5.74) is 6.01. The predicted molar refractivity (Wildman–Crippen MR) is 83.6 cm³/mol. The number of aliphatic imine (C=N–C) groups is 1. The van der Waals surface area contributed by atoms with E-state index in [1.54, 1.807) is 23.9 Å². The molecule has 0 unspecified atom stereocenters. The molecule has 0 atom stereocenters. The zero-order valence-corrected chi connectivity index (χ0v) is 12.7. The zero-order valence-electron chi connectivity index (χ0n) is 11.9. The van der Waals surface area contributed by atoms with Gasteiger partial charge in [-0.2, -0.15) is 0 Å². The Kier molecular flexibility index (Phi) is 5.71. The van der Waals surface area contributed by atoms with Gasteiger partial charge in [0.2, 0.25) is 0 Å². The molecule has 3 nitrogen and oxygen atoms in total. The van der Waals surface area contributed by atoms with Crippen LogP contribution in [-0.4, -0.2) is 36.2 Å².